The average Bonchev–Trinajstić information content (AvgIpc) is 2.76. The van der Waals surface area contributed by atoms with Gasteiger partial charge in [0.05, 0.1) is 13.7 Å². The van der Waals surface area contributed by atoms with E-state index in [0.717, 1.165) is 29.7 Å². The van der Waals surface area contributed by atoms with Crippen LogP contribution in [0, 0.1) is 0 Å². The zero-order valence-corrected chi connectivity index (χ0v) is 18.4. The Bertz CT molecular complexity index is 836. The van der Waals surface area contributed by atoms with Crippen molar-refractivity contribution in [2.24, 2.45) is 0 Å². The lowest BCUT2D eigenvalue weighted by Crippen LogP contribution is -2.70. The van der Waals surface area contributed by atoms with Crippen LogP contribution in [0.15, 0.2) is 35.5 Å². The number of nitrogens with zero attached hydrogens (tertiary/aromatic N) is 1. The lowest BCUT2D eigenvalue weighted by molar-refractivity contribution is -0.153. The van der Waals surface area contributed by atoms with Crippen LogP contribution in [0.3, 0.4) is 0 Å². The maximum atomic E-state index is 12.7. The Labute approximate surface area is 181 Å². The average molecular weight is 433 g/mol. The highest BCUT2D eigenvalue weighted by atomic mass is 32.2. The molecule has 2 aliphatic heterocycles. The Balaban J connectivity index is 1.54. The number of hydrogen-bond acceptors (Lipinski definition) is 6. The van der Waals surface area contributed by atoms with E-state index in [2.05, 4.69) is 5.32 Å². The number of ether oxygens (including phenoxy) is 2. The molecule has 2 heterocycles. The van der Waals surface area contributed by atoms with Gasteiger partial charge in [-0.3, -0.25) is 14.5 Å². The summed E-state index contributed by atoms with van der Waals surface area (Å²) in [7, 11) is 1.61. The van der Waals surface area contributed by atoms with Gasteiger partial charge in [0.15, 0.2) is 0 Å². The number of fused-ring (bicyclic) bond motifs is 1. The number of thioether (sulfide) groups is 1. The monoisotopic (exact) mass is 432 g/mol. The van der Waals surface area contributed by atoms with Crippen molar-refractivity contribution in [2.75, 3.05) is 19.5 Å². The molecule has 2 aliphatic rings. The van der Waals surface area contributed by atoms with E-state index in [1.807, 2.05) is 38.1 Å². The lowest BCUT2D eigenvalue weighted by atomic mass is 10.0. The van der Waals surface area contributed by atoms with Crippen molar-refractivity contribution in [3.8, 4) is 5.75 Å². The van der Waals surface area contributed by atoms with Gasteiger partial charge in [-0.25, -0.2) is 4.79 Å². The second kappa shape index (κ2) is 10.0. The van der Waals surface area contributed by atoms with Crippen LogP contribution < -0.4 is 10.1 Å². The summed E-state index contributed by atoms with van der Waals surface area (Å²) in [4.78, 5) is 39.1. The van der Waals surface area contributed by atoms with Crippen molar-refractivity contribution < 1.29 is 23.9 Å². The number of carbonyl (C=O) groups excluding carboxylic acids is 3. The van der Waals surface area contributed by atoms with Gasteiger partial charge < -0.3 is 14.8 Å². The predicted octanol–water partition coefficient (Wildman–Crippen LogP) is 2.65. The van der Waals surface area contributed by atoms with Crippen LogP contribution in [0.1, 0.15) is 38.7 Å². The molecule has 1 saturated heterocycles. The molecule has 7 nitrogen and oxygen atoms in total. The van der Waals surface area contributed by atoms with Crippen LogP contribution in [-0.4, -0.2) is 53.6 Å². The van der Waals surface area contributed by atoms with Crippen LogP contribution in [0.5, 0.6) is 5.75 Å². The highest BCUT2D eigenvalue weighted by Gasteiger charge is 2.53. The number of amides is 2. The van der Waals surface area contributed by atoms with E-state index in [-0.39, 0.29) is 23.6 Å². The minimum atomic E-state index is -0.607. The van der Waals surface area contributed by atoms with E-state index in [1.54, 1.807) is 18.9 Å². The van der Waals surface area contributed by atoms with Gasteiger partial charge in [0.25, 0.3) is 5.91 Å². The van der Waals surface area contributed by atoms with Crippen molar-refractivity contribution in [1.82, 2.24) is 10.2 Å². The maximum absolute atomic E-state index is 12.7. The van der Waals surface area contributed by atoms with E-state index < -0.39 is 12.0 Å². The number of nitrogens with one attached hydrogen (secondary N) is 1. The Morgan fingerprint density at radius 2 is 2.00 bits per heavy atom. The van der Waals surface area contributed by atoms with Gasteiger partial charge in [0, 0.05) is 12.2 Å². The Kier molecular flexibility index (Phi) is 7.42. The molecule has 2 amide bonds. The number of benzene rings is 1. The summed E-state index contributed by atoms with van der Waals surface area (Å²) < 4.78 is 10.4. The van der Waals surface area contributed by atoms with Crippen molar-refractivity contribution in [2.45, 2.75) is 50.9 Å². The van der Waals surface area contributed by atoms with Crippen LogP contribution in [-0.2, 0) is 25.5 Å². The first-order valence-electron chi connectivity index (χ1n) is 10.2. The molecule has 30 heavy (non-hydrogen) atoms. The zero-order valence-electron chi connectivity index (χ0n) is 17.6. The van der Waals surface area contributed by atoms with Crippen LogP contribution in [0.4, 0.5) is 0 Å². The molecule has 0 aliphatic carbocycles. The lowest BCUT2D eigenvalue weighted by Gasteiger charge is -2.49. The van der Waals surface area contributed by atoms with Gasteiger partial charge in [0.1, 0.15) is 22.9 Å². The Morgan fingerprint density at radius 1 is 1.27 bits per heavy atom. The maximum Gasteiger partial charge on any atom is 0.355 e. The van der Waals surface area contributed by atoms with Crippen LogP contribution in [0.25, 0.3) is 0 Å². The molecule has 162 valence electrons. The number of esters is 1. The van der Waals surface area contributed by atoms with E-state index in [9.17, 15) is 14.4 Å². The molecule has 1 aromatic rings. The normalized spacial score (nSPS) is 20.4. The number of β-lactam (4-membered cyclic amide) rings is 1. The summed E-state index contributed by atoms with van der Waals surface area (Å²) in [5.74, 6) is 0.508. The van der Waals surface area contributed by atoms with Crippen molar-refractivity contribution in [1.29, 1.82) is 0 Å². The number of unbranched alkanes of at least 4 members (excludes halogenated alkanes) is 1. The Hall–Kier alpha value is -2.48. The standard InChI is InChI=1S/C22H28N2O5S/c1-4-5-12-29-22(27)19-14(2)13-30-21-18(20(26)24(19)21)23-17(25)11-8-15-6-9-16(28-3)10-7-15/h6-7,9-10,18,21H,4-5,8,11-13H2,1-3H3,(H,23,25)/t18-,21-/m1/s1. The molecular formula is C22H28N2O5S. The smallest absolute Gasteiger partial charge is 0.355 e. The minimum absolute atomic E-state index is 0.178. The largest absolute Gasteiger partial charge is 0.497 e. The molecule has 0 spiro atoms. The van der Waals surface area contributed by atoms with E-state index >= 15 is 0 Å². The van der Waals surface area contributed by atoms with Gasteiger partial charge in [-0.05, 0) is 43.0 Å². The van der Waals surface area contributed by atoms with Gasteiger partial charge in [-0.1, -0.05) is 25.5 Å². The first-order chi connectivity index (χ1) is 14.5. The zero-order chi connectivity index (χ0) is 21.7. The molecule has 8 heteroatoms. The Morgan fingerprint density at radius 3 is 2.67 bits per heavy atom. The second-order valence-corrected chi connectivity index (χ2v) is 8.53. The summed E-state index contributed by atoms with van der Waals surface area (Å²) in [5.41, 5.74) is 2.19. The molecule has 0 bridgehead atoms. The minimum Gasteiger partial charge on any atom is -0.497 e. The highest BCUT2D eigenvalue weighted by molar-refractivity contribution is 8.00. The molecular weight excluding hydrogens is 404 g/mol. The number of hydrogen-bond donors (Lipinski definition) is 1. The van der Waals surface area contributed by atoms with Crippen LogP contribution in [0.2, 0.25) is 0 Å². The second-order valence-electron chi connectivity index (χ2n) is 7.42. The molecule has 0 aromatic heterocycles. The number of methoxy groups -OCH3 is 1. The number of aryl methyl sites for hydroxylation is 1. The highest BCUT2D eigenvalue weighted by Crippen LogP contribution is 2.40. The number of rotatable bonds is 9. The topological polar surface area (TPSA) is 84.9 Å². The predicted molar refractivity (Wildman–Crippen MR) is 115 cm³/mol. The fraction of sp³-hybridized carbons (Fsp3) is 0.500. The number of carbonyl (C=O) groups is 3. The van der Waals surface area contributed by atoms with Crippen molar-refractivity contribution in [3.05, 3.63) is 41.1 Å². The quantitative estimate of drug-likeness (QED) is 0.367. The SMILES string of the molecule is CCCCOC(=O)C1=C(C)CS[C@@H]2[C@H](NC(=O)CCc3ccc(OC)cc3)C(=O)N12. The first-order valence-corrected chi connectivity index (χ1v) is 11.2. The first kappa shape index (κ1) is 22.2. The summed E-state index contributed by atoms with van der Waals surface area (Å²) in [5, 5.41) is 2.57. The summed E-state index contributed by atoms with van der Waals surface area (Å²) in [6.45, 7) is 4.21. The molecule has 2 atom stereocenters. The molecule has 0 unspecified atom stereocenters. The van der Waals surface area contributed by atoms with Gasteiger partial charge in [0.2, 0.25) is 5.91 Å². The van der Waals surface area contributed by atoms with E-state index in [0.29, 0.717) is 24.5 Å². The summed E-state index contributed by atoms with van der Waals surface area (Å²) >= 11 is 1.55. The molecule has 1 fully saturated rings. The van der Waals surface area contributed by atoms with E-state index in [1.165, 1.54) is 4.90 Å². The molecule has 0 radical (unpaired) electrons. The van der Waals surface area contributed by atoms with Gasteiger partial charge >= 0.3 is 5.97 Å². The summed E-state index contributed by atoms with van der Waals surface area (Å²) in [6.07, 6.45) is 2.58. The molecule has 1 N–H and O–H groups in total. The third-order valence-corrected chi connectivity index (χ3v) is 6.62. The third-order valence-electron chi connectivity index (χ3n) is 5.20. The molecule has 3 rings (SSSR count). The van der Waals surface area contributed by atoms with Crippen molar-refractivity contribution in [3.63, 3.8) is 0 Å². The fourth-order valence-electron chi connectivity index (χ4n) is 3.44. The van der Waals surface area contributed by atoms with E-state index in [4.69, 9.17) is 9.47 Å². The molecule has 0 saturated carbocycles. The van der Waals surface area contributed by atoms with Crippen molar-refractivity contribution >= 4 is 29.5 Å². The van der Waals surface area contributed by atoms with Gasteiger partial charge in [-0.15, -0.1) is 11.8 Å². The molecule has 1 aromatic carbocycles. The van der Waals surface area contributed by atoms with Gasteiger partial charge in [-0.2, -0.15) is 0 Å². The third kappa shape index (κ3) is 4.80. The fourth-order valence-corrected chi connectivity index (χ4v) is 4.73. The summed E-state index contributed by atoms with van der Waals surface area (Å²) in [6, 6.07) is 6.95. The van der Waals surface area contributed by atoms with Crippen LogP contribution >= 0.6 is 11.8 Å².